The van der Waals surface area contributed by atoms with Gasteiger partial charge < -0.3 is 10.1 Å². The van der Waals surface area contributed by atoms with E-state index in [9.17, 15) is 9.18 Å². The molecule has 2 aromatic carbocycles. The summed E-state index contributed by atoms with van der Waals surface area (Å²) in [7, 11) is 1.52. The number of nitrogens with one attached hydrogen (secondary N) is 1. The second-order valence-corrected chi connectivity index (χ2v) is 5.46. The molecule has 0 aliphatic rings. The second-order valence-electron chi connectivity index (χ2n) is 4.20. The van der Waals surface area contributed by atoms with Crippen molar-refractivity contribution in [2.45, 2.75) is 6.54 Å². The van der Waals surface area contributed by atoms with E-state index in [2.05, 4.69) is 21.2 Å². The molecule has 0 unspecified atom stereocenters. The molecule has 2 rings (SSSR count). The molecule has 0 aliphatic carbocycles. The van der Waals surface area contributed by atoms with Crippen molar-refractivity contribution >= 4 is 33.4 Å². The summed E-state index contributed by atoms with van der Waals surface area (Å²) in [5.74, 6) is -0.551. The highest BCUT2D eigenvalue weighted by Crippen LogP contribution is 2.26. The van der Waals surface area contributed by atoms with Crippen LogP contribution in [0.15, 0.2) is 40.9 Å². The quantitative estimate of drug-likeness (QED) is 0.874. The molecule has 1 N–H and O–H groups in total. The molecule has 3 nitrogen and oxygen atoms in total. The minimum atomic E-state index is -0.590. The molecule has 6 heteroatoms. The Morgan fingerprint density at radius 3 is 2.71 bits per heavy atom. The fraction of sp³-hybridized carbons (Fsp3) is 0.133. The number of hydrogen-bond donors (Lipinski definition) is 1. The number of hydrogen-bond acceptors (Lipinski definition) is 2. The van der Waals surface area contributed by atoms with Crippen LogP contribution in [0.5, 0.6) is 5.75 Å². The van der Waals surface area contributed by atoms with Gasteiger partial charge in [0, 0.05) is 21.6 Å². The molecule has 0 spiro atoms. The molecule has 2 aromatic rings. The first-order valence-corrected chi connectivity index (χ1v) is 7.25. The third-order valence-corrected chi connectivity index (χ3v) is 3.93. The van der Waals surface area contributed by atoms with Crippen molar-refractivity contribution in [2.24, 2.45) is 0 Å². The van der Waals surface area contributed by atoms with Gasteiger partial charge >= 0.3 is 0 Å². The van der Waals surface area contributed by atoms with E-state index in [1.54, 1.807) is 24.3 Å². The number of ether oxygens (including phenoxy) is 1. The Morgan fingerprint density at radius 1 is 1.33 bits per heavy atom. The maximum atomic E-state index is 13.7. The summed E-state index contributed by atoms with van der Waals surface area (Å²) < 4.78 is 19.3. The maximum absolute atomic E-state index is 13.7. The highest BCUT2D eigenvalue weighted by atomic mass is 79.9. The summed E-state index contributed by atoms with van der Waals surface area (Å²) in [4.78, 5) is 12.1. The summed E-state index contributed by atoms with van der Waals surface area (Å²) in [6, 6.07) is 9.55. The topological polar surface area (TPSA) is 38.3 Å². The summed E-state index contributed by atoms with van der Waals surface area (Å²) in [5.41, 5.74) is 0.603. The first-order valence-electron chi connectivity index (χ1n) is 6.08. The molecule has 21 heavy (non-hydrogen) atoms. The van der Waals surface area contributed by atoms with Gasteiger partial charge in [0.2, 0.25) is 0 Å². The Kier molecular flexibility index (Phi) is 5.20. The predicted octanol–water partition coefficient (Wildman–Crippen LogP) is 4.18. The average molecular weight is 373 g/mol. The standard InChI is InChI=1S/C15H12BrClFNO2/c1-21-13-7-3-5-11(17)9(13)8-19-15(20)14-10(16)4-2-6-12(14)18/h2-7H,8H2,1H3,(H,19,20). The molecule has 0 aromatic heterocycles. The van der Waals surface area contributed by atoms with E-state index in [-0.39, 0.29) is 12.1 Å². The van der Waals surface area contributed by atoms with Gasteiger partial charge in [0.05, 0.1) is 12.7 Å². The number of carbonyl (C=O) groups is 1. The first kappa shape index (κ1) is 15.8. The highest BCUT2D eigenvalue weighted by molar-refractivity contribution is 9.10. The van der Waals surface area contributed by atoms with Crippen LogP contribution in [0, 0.1) is 5.82 Å². The van der Waals surface area contributed by atoms with Gasteiger partial charge in [-0.15, -0.1) is 0 Å². The van der Waals surface area contributed by atoms with Crippen LogP contribution in [0.1, 0.15) is 15.9 Å². The minimum absolute atomic E-state index is 0.0384. The number of rotatable bonds is 4. The summed E-state index contributed by atoms with van der Waals surface area (Å²) in [6.07, 6.45) is 0. The van der Waals surface area contributed by atoms with Crippen molar-refractivity contribution in [1.82, 2.24) is 5.32 Å². The Morgan fingerprint density at radius 2 is 2.05 bits per heavy atom. The molecular weight excluding hydrogens is 361 g/mol. The molecule has 0 saturated heterocycles. The van der Waals surface area contributed by atoms with Gasteiger partial charge in [-0.05, 0) is 40.2 Å². The molecule has 0 heterocycles. The zero-order valence-electron chi connectivity index (χ0n) is 11.1. The van der Waals surface area contributed by atoms with Crippen LogP contribution in [0.25, 0.3) is 0 Å². The van der Waals surface area contributed by atoms with E-state index in [1.807, 2.05) is 0 Å². The van der Waals surface area contributed by atoms with Gasteiger partial charge in [-0.1, -0.05) is 23.7 Å². The molecule has 0 bridgehead atoms. The fourth-order valence-electron chi connectivity index (χ4n) is 1.87. The zero-order valence-corrected chi connectivity index (χ0v) is 13.5. The highest BCUT2D eigenvalue weighted by Gasteiger charge is 2.16. The van der Waals surface area contributed by atoms with E-state index < -0.39 is 11.7 Å². The lowest BCUT2D eigenvalue weighted by molar-refractivity contribution is 0.0946. The minimum Gasteiger partial charge on any atom is -0.496 e. The third-order valence-electron chi connectivity index (χ3n) is 2.91. The van der Waals surface area contributed by atoms with E-state index in [0.29, 0.717) is 20.8 Å². The molecule has 0 saturated carbocycles. The van der Waals surface area contributed by atoms with Crippen LogP contribution >= 0.6 is 27.5 Å². The van der Waals surface area contributed by atoms with Gasteiger partial charge in [0.25, 0.3) is 5.91 Å². The van der Waals surface area contributed by atoms with Crippen molar-refractivity contribution in [1.29, 1.82) is 0 Å². The van der Waals surface area contributed by atoms with Crippen molar-refractivity contribution in [3.63, 3.8) is 0 Å². The normalized spacial score (nSPS) is 10.3. The van der Waals surface area contributed by atoms with Gasteiger partial charge in [-0.2, -0.15) is 0 Å². The Balaban J connectivity index is 2.19. The summed E-state index contributed by atoms with van der Waals surface area (Å²) >= 11 is 9.25. The van der Waals surface area contributed by atoms with Crippen molar-refractivity contribution in [3.05, 3.63) is 62.8 Å². The van der Waals surface area contributed by atoms with Crippen molar-refractivity contribution in [2.75, 3.05) is 7.11 Å². The van der Waals surface area contributed by atoms with Gasteiger partial charge in [-0.25, -0.2) is 4.39 Å². The van der Waals surface area contributed by atoms with Crippen molar-refractivity contribution in [3.8, 4) is 5.75 Å². The van der Waals surface area contributed by atoms with Crippen LogP contribution in [-0.4, -0.2) is 13.0 Å². The van der Waals surface area contributed by atoms with E-state index >= 15 is 0 Å². The molecule has 0 fully saturated rings. The SMILES string of the molecule is COc1cccc(Cl)c1CNC(=O)c1c(F)cccc1Br. The molecule has 0 aliphatic heterocycles. The van der Waals surface area contributed by atoms with Gasteiger partial charge in [0.1, 0.15) is 11.6 Å². The Labute approximate surface area is 135 Å². The third kappa shape index (κ3) is 3.54. The number of benzene rings is 2. The lowest BCUT2D eigenvalue weighted by atomic mass is 10.1. The van der Waals surface area contributed by atoms with E-state index in [0.717, 1.165) is 0 Å². The number of halogens is 3. The second kappa shape index (κ2) is 6.91. The van der Waals surface area contributed by atoms with Gasteiger partial charge in [0.15, 0.2) is 0 Å². The summed E-state index contributed by atoms with van der Waals surface area (Å²) in [6.45, 7) is 0.141. The smallest absolute Gasteiger partial charge is 0.255 e. The predicted molar refractivity (Wildman–Crippen MR) is 83.3 cm³/mol. The van der Waals surface area contributed by atoms with E-state index in [4.69, 9.17) is 16.3 Å². The fourth-order valence-corrected chi connectivity index (χ4v) is 2.63. The largest absolute Gasteiger partial charge is 0.496 e. The molecule has 0 radical (unpaired) electrons. The number of carbonyl (C=O) groups excluding carboxylic acids is 1. The van der Waals surface area contributed by atoms with Crippen LogP contribution in [0.4, 0.5) is 4.39 Å². The van der Waals surface area contributed by atoms with Gasteiger partial charge in [-0.3, -0.25) is 4.79 Å². The Hall–Kier alpha value is -1.59. The Bertz CT molecular complexity index is 658. The average Bonchev–Trinajstić information content (AvgIpc) is 2.45. The zero-order chi connectivity index (χ0) is 15.4. The number of amides is 1. The van der Waals surface area contributed by atoms with Crippen LogP contribution in [0.3, 0.4) is 0 Å². The van der Waals surface area contributed by atoms with Crippen LogP contribution in [0.2, 0.25) is 5.02 Å². The monoisotopic (exact) mass is 371 g/mol. The number of methoxy groups -OCH3 is 1. The lowest BCUT2D eigenvalue weighted by Gasteiger charge is -2.12. The van der Waals surface area contributed by atoms with Crippen LogP contribution in [-0.2, 0) is 6.54 Å². The van der Waals surface area contributed by atoms with E-state index in [1.165, 1.54) is 19.2 Å². The molecule has 0 atom stereocenters. The van der Waals surface area contributed by atoms with Crippen molar-refractivity contribution < 1.29 is 13.9 Å². The molecular formula is C15H12BrClFNO2. The molecule has 110 valence electrons. The van der Waals surface area contributed by atoms with Crippen LogP contribution < -0.4 is 10.1 Å². The first-order chi connectivity index (χ1) is 10.0. The summed E-state index contributed by atoms with van der Waals surface area (Å²) in [5, 5.41) is 3.11. The lowest BCUT2D eigenvalue weighted by Crippen LogP contribution is -2.24. The molecule has 1 amide bonds. The maximum Gasteiger partial charge on any atom is 0.255 e.